The normalized spacial score (nSPS) is 15.1. The highest BCUT2D eigenvalue weighted by Gasteiger charge is 2.38. The van der Waals surface area contributed by atoms with Gasteiger partial charge < -0.3 is 20.8 Å². The second-order valence-corrected chi connectivity index (χ2v) is 5.03. The van der Waals surface area contributed by atoms with Gasteiger partial charge in [-0.2, -0.15) is 13.2 Å². The maximum absolute atomic E-state index is 11.0. The molecule has 0 saturated carbocycles. The molecule has 1 saturated heterocycles. The molecule has 1 amide bonds. The van der Waals surface area contributed by atoms with E-state index in [2.05, 4.69) is 9.97 Å². The lowest BCUT2D eigenvalue weighted by Crippen LogP contribution is -2.37. The highest BCUT2D eigenvalue weighted by Crippen LogP contribution is 2.21. The Morgan fingerprint density at radius 3 is 2.08 bits per heavy atom. The third-order valence-corrected chi connectivity index (χ3v) is 3.32. The Labute approximate surface area is 139 Å². The summed E-state index contributed by atoms with van der Waals surface area (Å²) in [5.41, 5.74) is 5.32. The Balaban J connectivity index is 0.000000381. The van der Waals surface area contributed by atoms with E-state index in [1.165, 1.54) is 12.4 Å². The molecule has 0 atom stereocenters. The lowest BCUT2D eigenvalue weighted by atomic mass is 9.97. The highest BCUT2D eigenvalue weighted by molar-refractivity contribution is 5.91. The summed E-state index contributed by atoms with van der Waals surface area (Å²) in [6.07, 6.45) is -2.64. The molecule has 1 aliphatic heterocycles. The van der Waals surface area contributed by atoms with Crippen LogP contribution in [0.25, 0.3) is 0 Å². The van der Waals surface area contributed by atoms with Gasteiger partial charge in [-0.1, -0.05) is 0 Å². The van der Waals surface area contributed by atoms with E-state index in [9.17, 15) is 22.8 Å². The van der Waals surface area contributed by atoms with Gasteiger partial charge in [0.1, 0.15) is 17.8 Å². The molecule has 0 radical (unpaired) electrons. The van der Waals surface area contributed by atoms with E-state index < -0.39 is 24.0 Å². The summed E-state index contributed by atoms with van der Waals surface area (Å²) < 4.78 is 31.7. The van der Waals surface area contributed by atoms with Gasteiger partial charge in [-0.15, -0.1) is 0 Å². The van der Waals surface area contributed by atoms with Crippen molar-refractivity contribution in [2.24, 2.45) is 11.7 Å². The van der Waals surface area contributed by atoms with Gasteiger partial charge in [0.25, 0.3) is 5.91 Å². The number of carbonyl (C=O) groups is 3. The Hall–Kier alpha value is -2.92. The number of nitrogens with two attached hydrogens (primary N) is 1. The van der Waals surface area contributed by atoms with Crippen LogP contribution in [0.5, 0.6) is 0 Å². The maximum atomic E-state index is 11.0. The molecular formula is C13H15F3N4O5. The van der Waals surface area contributed by atoms with Crippen molar-refractivity contribution in [1.82, 2.24) is 9.97 Å². The second kappa shape index (κ2) is 8.26. The van der Waals surface area contributed by atoms with Crippen LogP contribution in [0.3, 0.4) is 0 Å². The first-order chi connectivity index (χ1) is 11.5. The minimum absolute atomic E-state index is 0.167. The van der Waals surface area contributed by atoms with Crippen LogP contribution in [-0.2, 0) is 9.59 Å². The molecule has 2 rings (SSSR count). The van der Waals surface area contributed by atoms with Crippen molar-refractivity contribution in [2.75, 3.05) is 18.0 Å². The van der Waals surface area contributed by atoms with Crippen molar-refractivity contribution in [3.63, 3.8) is 0 Å². The van der Waals surface area contributed by atoms with Gasteiger partial charge in [0.2, 0.25) is 0 Å². The van der Waals surface area contributed by atoms with Gasteiger partial charge in [0, 0.05) is 19.2 Å². The average Bonchev–Trinajstić information content (AvgIpc) is 2.54. The fourth-order valence-corrected chi connectivity index (χ4v) is 2.01. The van der Waals surface area contributed by atoms with Gasteiger partial charge in [0.05, 0.1) is 5.92 Å². The summed E-state index contributed by atoms with van der Waals surface area (Å²) >= 11 is 0. The number of aromatic nitrogens is 2. The van der Waals surface area contributed by atoms with Gasteiger partial charge in [0.15, 0.2) is 0 Å². The van der Waals surface area contributed by atoms with Crippen LogP contribution >= 0.6 is 0 Å². The van der Waals surface area contributed by atoms with Crippen LogP contribution in [0.4, 0.5) is 19.0 Å². The average molecular weight is 364 g/mol. The number of anilines is 1. The number of hydrogen-bond acceptors (Lipinski definition) is 6. The van der Waals surface area contributed by atoms with Crippen molar-refractivity contribution in [3.8, 4) is 0 Å². The van der Waals surface area contributed by atoms with E-state index in [-0.39, 0.29) is 11.6 Å². The Morgan fingerprint density at radius 1 is 1.16 bits per heavy atom. The van der Waals surface area contributed by atoms with Crippen molar-refractivity contribution in [1.29, 1.82) is 0 Å². The summed E-state index contributed by atoms with van der Waals surface area (Å²) in [5, 5.41) is 16.0. The first-order valence-electron chi connectivity index (χ1n) is 6.92. The Kier molecular flexibility index (Phi) is 6.65. The maximum Gasteiger partial charge on any atom is 0.490 e. The Morgan fingerprint density at radius 2 is 1.68 bits per heavy atom. The molecule has 0 aromatic carbocycles. The largest absolute Gasteiger partial charge is 0.490 e. The first kappa shape index (κ1) is 20.1. The van der Waals surface area contributed by atoms with Crippen molar-refractivity contribution < 1.29 is 37.8 Å². The minimum atomic E-state index is -5.08. The summed E-state index contributed by atoms with van der Waals surface area (Å²) in [6.45, 7) is 1.21. The van der Waals surface area contributed by atoms with Crippen molar-refractivity contribution in [2.45, 2.75) is 19.0 Å². The van der Waals surface area contributed by atoms with Crippen LogP contribution in [0.2, 0.25) is 0 Å². The van der Waals surface area contributed by atoms with E-state index in [1.54, 1.807) is 0 Å². The highest BCUT2D eigenvalue weighted by atomic mass is 19.4. The smallest absolute Gasteiger partial charge is 0.481 e. The number of primary amides is 1. The summed E-state index contributed by atoms with van der Waals surface area (Å²) in [7, 11) is 0. The molecule has 2 heterocycles. The topological polar surface area (TPSA) is 147 Å². The molecule has 1 aliphatic rings. The minimum Gasteiger partial charge on any atom is -0.481 e. The van der Waals surface area contributed by atoms with Crippen LogP contribution in [-0.4, -0.2) is 57.3 Å². The molecule has 12 heteroatoms. The number of nitrogens with zero attached hydrogens (tertiary/aromatic N) is 3. The number of alkyl halides is 3. The molecule has 1 aromatic rings. The van der Waals surface area contributed by atoms with Gasteiger partial charge >= 0.3 is 18.1 Å². The number of hydrogen-bond donors (Lipinski definition) is 3. The SMILES string of the molecule is NC(=O)c1cc(N2CCC(C(=O)O)CC2)ncn1.O=C(O)C(F)(F)F. The van der Waals surface area contributed by atoms with Crippen LogP contribution < -0.4 is 10.6 Å². The number of halogens is 3. The van der Waals surface area contributed by atoms with Crippen molar-refractivity contribution >= 4 is 23.7 Å². The number of aliphatic carboxylic acids is 2. The zero-order valence-electron chi connectivity index (χ0n) is 12.7. The number of rotatable bonds is 3. The summed E-state index contributed by atoms with van der Waals surface area (Å²) in [5.74, 6) is -3.79. The lowest BCUT2D eigenvalue weighted by molar-refractivity contribution is -0.192. The molecule has 0 spiro atoms. The van der Waals surface area contributed by atoms with Crippen LogP contribution in [0.15, 0.2) is 12.4 Å². The van der Waals surface area contributed by atoms with Gasteiger partial charge in [-0.25, -0.2) is 14.8 Å². The molecule has 1 fully saturated rings. The molecule has 25 heavy (non-hydrogen) atoms. The van der Waals surface area contributed by atoms with Gasteiger partial charge in [-0.3, -0.25) is 9.59 Å². The summed E-state index contributed by atoms with van der Waals surface area (Å²) in [6, 6.07) is 1.53. The van der Waals surface area contributed by atoms with Crippen molar-refractivity contribution in [3.05, 3.63) is 18.1 Å². The number of amides is 1. The molecular weight excluding hydrogens is 349 g/mol. The third-order valence-electron chi connectivity index (χ3n) is 3.32. The first-order valence-corrected chi connectivity index (χ1v) is 6.92. The van der Waals surface area contributed by atoms with Crippen LogP contribution in [0, 0.1) is 5.92 Å². The second-order valence-electron chi connectivity index (χ2n) is 5.03. The van der Waals surface area contributed by atoms with Crippen LogP contribution in [0.1, 0.15) is 23.3 Å². The molecule has 1 aromatic heterocycles. The number of carboxylic acid groups (broad SMARTS) is 2. The number of piperidine rings is 1. The zero-order valence-corrected chi connectivity index (χ0v) is 12.7. The molecule has 4 N–H and O–H groups in total. The third kappa shape index (κ3) is 6.24. The van der Waals surface area contributed by atoms with E-state index >= 15 is 0 Å². The fourth-order valence-electron chi connectivity index (χ4n) is 2.01. The van der Waals surface area contributed by atoms with Gasteiger partial charge in [-0.05, 0) is 12.8 Å². The monoisotopic (exact) mass is 364 g/mol. The molecule has 9 nitrogen and oxygen atoms in total. The summed E-state index contributed by atoms with van der Waals surface area (Å²) in [4.78, 5) is 40.5. The van der Waals surface area contributed by atoms with E-state index in [1.807, 2.05) is 4.90 Å². The fraction of sp³-hybridized carbons (Fsp3) is 0.462. The zero-order chi connectivity index (χ0) is 19.2. The van der Waals surface area contributed by atoms with E-state index in [4.69, 9.17) is 20.7 Å². The molecule has 0 aliphatic carbocycles. The van der Waals surface area contributed by atoms with E-state index in [0.29, 0.717) is 31.7 Å². The predicted octanol–water partition coefficient (Wildman–Crippen LogP) is 0.510. The number of carbonyl (C=O) groups excluding carboxylic acids is 1. The Bertz CT molecular complexity index is 645. The molecule has 138 valence electrons. The standard InChI is InChI=1S/C11H14N4O3.C2HF3O2/c12-10(16)8-5-9(14-6-13-8)15-3-1-7(2-4-15)11(17)18;3-2(4,5)1(6)7/h5-7H,1-4H2,(H2,12,16)(H,17,18);(H,6,7). The quantitative estimate of drug-likeness (QED) is 0.703. The number of carboxylic acids is 2. The van der Waals surface area contributed by atoms with E-state index in [0.717, 1.165) is 0 Å². The molecule has 0 bridgehead atoms. The lowest BCUT2D eigenvalue weighted by Gasteiger charge is -2.30. The molecule has 0 unspecified atom stereocenters. The predicted molar refractivity (Wildman–Crippen MR) is 76.8 cm³/mol.